The van der Waals surface area contributed by atoms with Crippen molar-refractivity contribution in [3.05, 3.63) is 64.3 Å². The van der Waals surface area contributed by atoms with Gasteiger partial charge in [0.05, 0.1) is 11.5 Å². The summed E-state index contributed by atoms with van der Waals surface area (Å²) in [5.41, 5.74) is 1.15. The second-order valence-electron chi connectivity index (χ2n) is 6.62. The summed E-state index contributed by atoms with van der Waals surface area (Å²) in [5.74, 6) is 1.58. The maximum Gasteiger partial charge on any atom is 0.263 e. The Morgan fingerprint density at radius 3 is 2.96 bits per heavy atom. The number of hydrogen-bond donors (Lipinski definition) is 0. The molecule has 1 saturated heterocycles. The zero-order valence-electron chi connectivity index (χ0n) is 15.5. The van der Waals surface area contributed by atoms with Gasteiger partial charge in [-0.2, -0.15) is 0 Å². The first kappa shape index (κ1) is 19.2. The van der Waals surface area contributed by atoms with Crippen LogP contribution in [0.1, 0.15) is 18.4 Å². The van der Waals surface area contributed by atoms with Gasteiger partial charge in [-0.15, -0.1) is 17.9 Å². The fourth-order valence-corrected chi connectivity index (χ4v) is 4.89. The van der Waals surface area contributed by atoms with Crippen molar-refractivity contribution in [3.8, 4) is 5.75 Å². The Kier molecular flexibility index (Phi) is 6.14. The Hall–Kier alpha value is -2.09. The van der Waals surface area contributed by atoms with Gasteiger partial charge in [0.15, 0.2) is 5.16 Å². The quantitative estimate of drug-likeness (QED) is 0.309. The van der Waals surface area contributed by atoms with Crippen LogP contribution in [-0.2, 0) is 17.0 Å². The largest absolute Gasteiger partial charge is 0.491 e. The molecule has 3 aromatic rings. The molecule has 1 atom stereocenters. The molecule has 0 saturated carbocycles. The van der Waals surface area contributed by atoms with Crippen LogP contribution in [-0.4, -0.2) is 28.9 Å². The molecule has 1 aromatic carbocycles. The molecule has 0 radical (unpaired) electrons. The summed E-state index contributed by atoms with van der Waals surface area (Å²) < 4.78 is 13.1. The van der Waals surface area contributed by atoms with Crippen molar-refractivity contribution < 1.29 is 9.47 Å². The van der Waals surface area contributed by atoms with Gasteiger partial charge < -0.3 is 9.47 Å². The second kappa shape index (κ2) is 8.94. The molecule has 0 N–H and O–H groups in total. The van der Waals surface area contributed by atoms with Gasteiger partial charge in [0, 0.05) is 18.9 Å². The zero-order chi connectivity index (χ0) is 19.3. The molecule has 3 heterocycles. The average molecular weight is 415 g/mol. The van der Waals surface area contributed by atoms with E-state index in [1.54, 1.807) is 22.4 Å². The van der Waals surface area contributed by atoms with Gasteiger partial charge in [-0.25, -0.2) is 4.98 Å². The van der Waals surface area contributed by atoms with Gasteiger partial charge in [0.25, 0.3) is 5.56 Å². The van der Waals surface area contributed by atoms with E-state index in [-0.39, 0.29) is 11.7 Å². The predicted molar refractivity (Wildman–Crippen MR) is 115 cm³/mol. The molecule has 0 bridgehead atoms. The van der Waals surface area contributed by atoms with E-state index in [1.807, 2.05) is 23.6 Å². The lowest BCUT2D eigenvalue weighted by Crippen LogP contribution is -2.22. The van der Waals surface area contributed by atoms with Gasteiger partial charge >= 0.3 is 0 Å². The third-order valence-electron chi connectivity index (χ3n) is 4.61. The lowest BCUT2D eigenvalue weighted by molar-refractivity contribution is 0.0679. The molecule has 1 aliphatic rings. The number of rotatable bonds is 8. The molecule has 7 heteroatoms. The van der Waals surface area contributed by atoms with Crippen molar-refractivity contribution in [2.24, 2.45) is 0 Å². The van der Waals surface area contributed by atoms with Gasteiger partial charge in [-0.3, -0.25) is 9.36 Å². The Bertz CT molecular complexity index is 1000. The molecule has 1 aliphatic heterocycles. The summed E-state index contributed by atoms with van der Waals surface area (Å²) in [6, 6.07) is 9.91. The Morgan fingerprint density at radius 2 is 2.21 bits per heavy atom. The summed E-state index contributed by atoms with van der Waals surface area (Å²) >= 11 is 3.05. The Balaban J connectivity index is 1.43. The smallest absolute Gasteiger partial charge is 0.263 e. The standard InChI is InChI=1S/C21H22N2O3S2/c1-2-10-23-20(24)18-9-12-27-19(18)22-21(23)28-14-15-5-7-16(8-6-15)26-13-17-4-3-11-25-17/h2,5-9,12,17H,1,3-4,10-11,13-14H2/t17-/m0/s1. The highest BCUT2D eigenvalue weighted by Gasteiger charge is 2.16. The van der Waals surface area contributed by atoms with Gasteiger partial charge in [0.1, 0.15) is 17.2 Å². The number of ether oxygens (including phenoxy) is 2. The van der Waals surface area contributed by atoms with E-state index in [1.165, 1.54) is 11.3 Å². The summed E-state index contributed by atoms with van der Waals surface area (Å²) in [6.45, 7) is 5.66. The first-order valence-corrected chi connectivity index (χ1v) is 11.2. The van der Waals surface area contributed by atoms with E-state index in [0.717, 1.165) is 46.5 Å². The van der Waals surface area contributed by atoms with Crippen molar-refractivity contribution in [1.82, 2.24) is 9.55 Å². The Labute approximate surface area is 172 Å². The van der Waals surface area contributed by atoms with E-state index in [4.69, 9.17) is 9.47 Å². The average Bonchev–Trinajstić information content (AvgIpc) is 3.40. The number of fused-ring (bicyclic) bond motifs is 1. The second-order valence-corrected chi connectivity index (χ2v) is 8.45. The molecule has 0 unspecified atom stereocenters. The highest BCUT2D eigenvalue weighted by Crippen LogP contribution is 2.25. The zero-order valence-corrected chi connectivity index (χ0v) is 17.1. The molecule has 5 nitrogen and oxygen atoms in total. The highest BCUT2D eigenvalue weighted by molar-refractivity contribution is 7.98. The summed E-state index contributed by atoms with van der Waals surface area (Å²) in [4.78, 5) is 18.1. The van der Waals surface area contributed by atoms with Crippen LogP contribution in [0.2, 0.25) is 0 Å². The third-order valence-corrected chi connectivity index (χ3v) is 6.47. The van der Waals surface area contributed by atoms with E-state index in [9.17, 15) is 4.79 Å². The highest BCUT2D eigenvalue weighted by atomic mass is 32.2. The number of thiophene rings is 1. The lowest BCUT2D eigenvalue weighted by atomic mass is 10.2. The lowest BCUT2D eigenvalue weighted by Gasteiger charge is -2.12. The van der Waals surface area contributed by atoms with Crippen LogP contribution in [0.15, 0.2) is 58.3 Å². The first-order valence-electron chi connectivity index (χ1n) is 9.29. The number of thioether (sulfide) groups is 1. The molecule has 0 aliphatic carbocycles. The van der Waals surface area contributed by atoms with Crippen LogP contribution in [0, 0.1) is 0 Å². The number of aromatic nitrogens is 2. The normalized spacial score (nSPS) is 16.5. The SMILES string of the molecule is C=CCn1c(SCc2ccc(OC[C@@H]3CCCO3)cc2)nc2sccc2c1=O. The monoisotopic (exact) mass is 414 g/mol. The summed E-state index contributed by atoms with van der Waals surface area (Å²) in [5, 5.41) is 3.30. The van der Waals surface area contributed by atoms with Gasteiger partial charge in [-0.1, -0.05) is 30.0 Å². The Morgan fingerprint density at radius 1 is 1.36 bits per heavy atom. The molecule has 0 amide bonds. The summed E-state index contributed by atoms with van der Waals surface area (Å²) in [7, 11) is 0. The van der Waals surface area contributed by atoms with Crippen LogP contribution < -0.4 is 10.3 Å². The number of hydrogen-bond acceptors (Lipinski definition) is 6. The fourth-order valence-electron chi connectivity index (χ4n) is 3.13. The molecular weight excluding hydrogens is 392 g/mol. The minimum Gasteiger partial charge on any atom is -0.491 e. The molecule has 0 spiro atoms. The molecular formula is C21H22N2O3S2. The fraction of sp³-hybridized carbons (Fsp3) is 0.333. The van der Waals surface area contributed by atoms with Crippen molar-refractivity contribution in [2.45, 2.75) is 36.4 Å². The van der Waals surface area contributed by atoms with Gasteiger partial charge in [0.2, 0.25) is 0 Å². The van der Waals surface area contributed by atoms with Crippen LogP contribution in [0.25, 0.3) is 10.2 Å². The number of benzene rings is 1. The van der Waals surface area contributed by atoms with Crippen LogP contribution in [0.3, 0.4) is 0 Å². The maximum absolute atomic E-state index is 12.7. The van der Waals surface area contributed by atoms with E-state index >= 15 is 0 Å². The molecule has 1 fully saturated rings. The van der Waals surface area contributed by atoms with Crippen LogP contribution in [0.5, 0.6) is 5.75 Å². The van der Waals surface area contributed by atoms with Crippen molar-refractivity contribution in [1.29, 1.82) is 0 Å². The molecule has 2 aromatic heterocycles. The topological polar surface area (TPSA) is 53.4 Å². The minimum absolute atomic E-state index is 0.00784. The molecule has 28 heavy (non-hydrogen) atoms. The number of allylic oxidation sites excluding steroid dienone is 1. The third kappa shape index (κ3) is 4.32. The summed E-state index contributed by atoms with van der Waals surface area (Å²) in [6.07, 6.45) is 4.13. The van der Waals surface area contributed by atoms with E-state index < -0.39 is 0 Å². The van der Waals surface area contributed by atoms with Crippen LogP contribution in [0.4, 0.5) is 0 Å². The predicted octanol–water partition coefficient (Wildman–Crippen LogP) is 4.49. The van der Waals surface area contributed by atoms with E-state index in [2.05, 4.69) is 23.7 Å². The molecule has 4 rings (SSSR count). The van der Waals surface area contributed by atoms with Gasteiger partial charge in [-0.05, 0) is 42.0 Å². The van der Waals surface area contributed by atoms with E-state index in [0.29, 0.717) is 18.5 Å². The maximum atomic E-state index is 12.7. The van der Waals surface area contributed by atoms with Crippen molar-refractivity contribution in [2.75, 3.05) is 13.2 Å². The van der Waals surface area contributed by atoms with Crippen molar-refractivity contribution in [3.63, 3.8) is 0 Å². The first-order chi connectivity index (χ1) is 13.7. The minimum atomic E-state index is -0.00784. The number of nitrogens with zero attached hydrogens (tertiary/aromatic N) is 2. The van der Waals surface area contributed by atoms with Crippen LogP contribution >= 0.6 is 23.1 Å². The van der Waals surface area contributed by atoms with Crippen molar-refractivity contribution >= 4 is 33.3 Å². The molecule has 146 valence electrons.